The van der Waals surface area contributed by atoms with E-state index in [1.807, 2.05) is 12.2 Å². The van der Waals surface area contributed by atoms with Crippen molar-refractivity contribution in [2.75, 3.05) is 0 Å². The summed E-state index contributed by atoms with van der Waals surface area (Å²) in [6.45, 7) is 0. The molecule has 0 bridgehead atoms. The maximum Gasteiger partial charge on any atom is 0.0793 e. The third-order valence-electron chi connectivity index (χ3n) is 2.53. The van der Waals surface area contributed by atoms with Gasteiger partial charge in [0.25, 0.3) is 0 Å². The molecule has 1 heteroatoms. The second kappa shape index (κ2) is 3.75. The van der Waals surface area contributed by atoms with Gasteiger partial charge in [-0.3, -0.25) is 0 Å². The molecule has 2 rings (SSSR count). The van der Waals surface area contributed by atoms with Gasteiger partial charge >= 0.3 is 0 Å². The van der Waals surface area contributed by atoms with Crippen molar-refractivity contribution in [2.24, 2.45) is 0 Å². The maximum absolute atomic E-state index is 9.83. The summed E-state index contributed by atoms with van der Waals surface area (Å²) >= 11 is 0. The maximum atomic E-state index is 9.83. The molecule has 68 valence electrons. The van der Waals surface area contributed by atoms with Crippen LogP contribution in [-0.2, 0) is 0 Å². The standard InChI is InChI=1S/C12H14O/c13-12(11-7-3-4-8-11)9-10-5-1-2-6-10/h1-5,7,12-13H,6,8-9H2. The molecule has 0 saturated heterocycles. The average Bonchev–Trinajstić information content (AvgIpc) is 2.74. The summed E-state index contributed by atoms with van der Waals surface area (Å²) in [6, 6.07) is 0. The van der Waals surface area contributed by atoms with Gasteiger partial charge in [-0.1, -0.05) is 42.0 Å². The molecule has 0 heterocycles. The molecule has 0 saturated carbocycles. The predicted octanol–water partition coefficient (Wildman–Crippen LogP) is 2.51. The van der Waals surface area contributed by atoms with Crippen LogP contribution in [0.4, 0.5) is 0 Å². The molecule has 0 radical (unpaired) electrons. The van der Waals surface area contributed by atoms with Crippen LogP contribution < -0.4 is 0 Å². The molecule has 1 nitrogen and oxygen atoms in total. The van der Waals surface area contributed by atoms with E-state index < -0.39 is 0 Å². The van der Waals surface area contributed by atoms with Crippen LogP contribution in [0.5, 0.6) is 0 Å². The number of aliphatic hydroxyl groups is 1. The lowest BCUT2D eigenvalue weighted by Crippen LogP contribution is -2.09. The Balaban J connectivity index is 1.88. The fourth-order valence-electron chi connectivity index (χ4n) is 1.73. The molecule has 0 aromatic carbocycles. The van der Waals surface area contributed by atoms with Gasteiger partial charge in [-0.25, -0.2) is 0 Å². The molecular formula is C12H14O. The van der Waals surface area contributed by atoms with E-state index in [0.717, 1.165) is 24.8 Å². The second-order valence-electron chi connectivity index (χ2n) is 3.55. The van der Waals surface area contributed by atoms with Gasteiger partial charge in [-0.05, 0) is 24.8 Å². The fraction of sp³-hybridized carbons (Fsp3) is 0.333. The van der Waals surface area contributed by atoms with Gasteiger partial charge < -0.3 is 5.11 Å². The highest BCUT2D eigenvalue weighted by atomic mass is 16.3. The van der Waals surface area contributed by atoms with Gasteiger partial charge in [0.05, 0.1) is 6.10 Å². The molecule has 0 aromatic rings. The highest BCUT2D eigenvalue weighted by Gasteiger charge is 2.13. The fourth-order valence-corrected chi connectivity index (χ4v) is 1.73. The van der Waals surface area contributed by atoms with Crippen LogP contribution in [-0.4, -0.2) is 11.2 Å². The van der Waals surface area contributed by atoms with Gasteiger partial charge in [-0.15, -0.1) is 0 Å². The quantitative estimate of drug-likeness (QED) is 0.697. The number of hydrogen-bond donors (Lipinski definition) is 1. The zero-order chi connectivity index (χ0) is 9.10. The summed E-state index contributed by atoms with van der Waals surface area (Å²) in [5.74, 6) is 0. The Morgan fingerprint density at radius 3 is 2.54 bits per heavy atom. The first-order chi connectivity index (χ1) is 6.36. The lowest BCUT2D eigenvalue weighted by molar-refractivity contribution is 0.209. The van der Waals surface area contributed by atoms with Crippen molar-refractivity contribution in [3.63, 3.8) is 0 Å². The van der Waals surface area contributed by atoms with Crippen molar-refractivity contribution in [1.29, 1.82) is 0 Å². The SMILES string of the molecule is OC(CC1=CC=CC1)C1=CC=CC1. The van der Waals surface area contributed by atoms with Crippen LogP contribution in [0.1, 0.15) is 19.3 Å². The monoisotopic (exact) mass is 174 g/mol. The van der Waals surface area contributed by atoms with Gasteiger partial charge in [0.2, 0.25) is 0 Å². The van der Waals surface area contributed by atoms with Crippen LogP contribution in [0.2, 0.25) is 0 Å². The van der Waals surface area contributed by atoms with Crippen LogP contribution in [0.25, 0.3) is 0 Å². The minimum atomic E-state index is -0.277. The molecule has 1 N–H and O–H groups in total. The van der Waals surface area contributed by atoms with E-state index in [1.54, 1.807) is 0 Å². The normalized spacial score (nSPS) is 21.9. The third kappa shape index (κ3) is 1.99. The highest BCUT2D eigenvalue weighted by Crippen LogP contribution is 2.23. The Bertz CT molecular complexity index is 305. The van der Waals surface area contributed by atoms with Crippen LogP contribution in [0.3, 0.4) is 0 Å². The third-order valence-corrected chi connectivity index (χ3v) is 2.53. The van der Waals surface area contributed by atoms with Crippen LogP contribution >= 0.6 is 0 Å². The van der Waals surface area contributed by atoms with E-state index in [9.17, 15) is 5.11 Å². The Morgan fingerprint density at radius 1 is 1.15 bits per heavy atom. The van der Waals surface area contributed by atoms with Crippen molar-refractivity contribution in [3.05, 3.63) is 47.6 Å². The summed E-state index contributed by atoms with van der Waals surface area (Å²) in [5, 5.41) is 9.83. The van der Waals surface area contributed by atoms with Crippen molar-refractivity contribution in [3.8, 4) is 0 Å². The number of aliphatic hydroxyl groups excluding tert-OH is 1. The number of rotatable bonds is 3. The topological polar surface area (TPSA) is 20.2 Å². The van der Waals surface area contributed by atoms with E-state index in [1.165, 1.54) is 5.57 Å². The molecule has 1 atom stereocenters. The summed E-state index contributed by atoms with van der Waals surface area (Å²) in [4.78, 5) is 0. The molecule has 2 aliphatic carbocycles. The van der Waals surface area contributed by atoms with E-state index in [-0.39, 0.29) is 6.10 Å². The first kappa shape index (κ1) is 8.52. The Labute approximate surface area is 78.8 Å². The molecule has 0 fully saturated rings. The van der Waals surface area contributed by atoms with E-state index in [4.69, 9.17) is 0 Å². The number of allylic oxidation sites excluding steroid dienone is 6. The lowest BCUT2D eigenvalue weighted by atomic mass is 10.0. The van der Waals surface area contributed by atoms with E-state index >= 15 is 0 Å². The van der Waals surface area contributed by atoms with Crippen LogP contribution in [0.15, 0.2) is 47.6 Å². The van der Waals surface area contributed by atoms with Crippen molar-refractivity contribution in [2.45, 2.75) is 25.4 Å². The summed E-state index contributed by atoms with van der Waals surface area (Å²) in [6.07, 6.45) is 14.9. The zero-order valence-corrected chi connectivity index (χ0v) is 7.61. The highest BCUT2D eigenvalue weighted by molar-refractivity contribution is 5.30. The molecule has 0 spiro atoms. The predicted molar refractivity (Wildman–Crippen MR) is 54.3 cm³/mol. The molecule has 1 unspecified atom stereocenters. The number of hydrogen-bond acceptors (Lipinski definition) is 1. The second-order valence-corrected chi connectivity index (χ2v) is 3.55. The minimum absolute atomic E-state index is 0.277. The molecule has 0 aromatic heterocycles. The first-order valence-corrected chi connectivity index (χ1v) is 4.74. The van der Waals surface area contributed by atoms with Gasteiger partial charge in [0, 0.05) is 0 Å². The smallest absolute Gasteiger partial charge is 0.0793 e. The van der Waals surface area contributed by atoms with Gasteiger partial charge in [0.15, 0.2) is 0 Å². The minimum Gasteiger partial charge on any atom is -0.388 e. The largest absolute Gasteiger partial charge is 0.388 e. The summed E-state index contributed by atoms with van der Waals surface area (Å²) in [5.41, 5.74) is 2.48. The summed E-state index contributed by atoms with van der Waals surface area (Å²) < 4.78 is 0. The molecule has 13 heavy (non-hydrogen) atoms. The van der Waals surface area contributed by atoms with E-state index in [2.05, 4.69) is 24.3 Å². The Morgan fingerprint density at radius 2 is 1.92 bits per heavy atom. The van der Waals surface area contributed by atoms with Gasteiger partial charge in [0.1, 0.15) is 0 Å². The summed E-state index contributed by atoms with van der Waals surface area (Å²) in [7, 11) is 0. The molecule has 0 aliphatic heterocycles. The molecular weight excluding hydrogens is 160 g/mol. The van der Waals surface area contributed by atoms with Gasteiger partial charge in [-0.2, -0.15) is 0 Å². The van der Waals surface area contributed by atoms with Crippen molar-refractivity contribution in [1.82, 2.24) is 0 Å². The first-order valence-electron chi connectivity index (χ1n) is 4.74. The Kier molecular flexibility index (Phi) is 2.46. The zero-order valence-electron chi connectivity index (χ0n) is 7.61. The molecule has 0 amide bonds. The molecule has 2 aliphatic rings. The van der Waals surface area contributed by atoms with Crippen molar-refractivity contribution >= 4 is 0 Å². The average molecular weight is 174 g/mol. The lowest BCUT2D eigenvalue weighted by Gasteiger charge is -2.12. The van der Waals surface area contributed by atoms with Crippen LogP contribution in [0, 0.1) is 0 Å². The van der Waals surface area contributed by atoms with Crippen molar-refractivity contribution < 1.29 is 5.11 Å². The Hall–Kier alpha value is -1.08. The van der Waals surface area contributed by atoms with E-state index in [0.29, 0.717) is 0 Å².